The zero-order valence-corrected chi connectivity index (χ0v) is 26.6. The van der Waals surface area contributed by atoms with Crippen LogP contribution in [0, 0.1) is 14.3 Å². The Morgan fingerprint density at radius 3 is 1.63 bits per heavy atom. The van der Waals surface area contributed by atoms with Crippen LogP contribution in [-0.4, -0.2) is 18.6 Å². The summed E-state index contributed by atoms with van der Waals surface area (Å²) in [6.45, 7) is 0. The fourth-order valence-electron chi connectivity index (χ4n) is 3.34. The van der Waals surface area contributed by atoms with Gasteiger partial charge in [-0.05, 0) is 132 Å². The van der Waals surface area contributed by atoms with Gasteiger partial charge in [0.15, 0.2) is 5.60 Å². The summed E-state index contributed by atoms with van der Waals surface area (Å²) < 4.78 is 34.1. The van der Waals surface area contributed by atoms with Crippen molar-refractivity contribution < 1.29 is 53.8 Å². The Hall–Kier alpha value is 1.09. The van der Waals surface area contributed by atoms with Crippen molar-refractivity contribution in [3.8, 4) is 11.5 Å². The first-order chi connectivity index (χ1) is 13.6. The van der Waals surface area contributed by atoms with E-state index in [1.165, 1.54) is 6.07 Å². The number of phenols is 2. The normalized spacial score (nSPS) is 16.0. The van der Waals surface area contributed by atoms with Gasteiger partial charge in [0.2, 0.25) is 0 Å². The van der Waals surface area contributed by atoms with E-state index in [0.717, 1.165) is 0 Å². The topological polar surface area (TPSA) is 83.8 Å². The van der Waals surface area contributed by atoms with E-state index in [2.05, 4.69) is 0 Å². The zero-order chi connectivity index (χ0) is 21.1. The summed E-state index contributed by atoms with van der Waals surface area (Å²) in [5.74, 6) is 0.267. The first-order valence-electron chi connectivity index (χ1n) is 8.00. The fraction of sp³-hybridized carbons (Fsp3) is 0.0526. The van der Waals surface area contributed by atoms with Gasteiger partial charge in [0.25, 0.3) is 10.1 Å². The van der Waals surface area contributed by atoms with Crippen LogP contribution in [-0.2, 0) is 19.9 Å². The van der Waals surface area contributed by atoms with E-state index in [1.807, 2.05) is 90.4 Å². The van der Waals surface area contributed by atoms with Crippen LogP contribution in [0.5, 0.6) is 11.5 Å². The third-order valence-corrected chi connectivity index (χ3v) is 9.27. The van der Waals surface area contributed by atoms with Crippen LogP contribution in [0.3, 0.4) is 0 Å². The summed E-state index contributed by atoms with van der Waals surface area (Å²) in [6.07, 6.45) is 0. The molecule has 1 aliphatic rings. The maximum Gasteiger partial charge on any atom is 1.00 e. The number of rotatable bonds is 2. The number of aromatic hydroxyl groups is 2. The fourth-order valence-corrected chi connectivity index (χ4v) is 8.30. The van der Waals surface area contributed by atoms with E-state index in [1.54, 1.807) is 42.5 Å². The molecule has 0 spiro atoms. The van der Waals surface area contributed by atoms with E-state index in [4.69, 9.17) is 4.18 Å². The molecule has 1 heterocycles. The SMILES string of the molecule is O=S1(=O)OC(c2cc(I)c(O)c(I)c2)(c2cc(I)c(O)c(I)c2)c2ccccc21.[H-].[Na+]. The minimum atomic E-state index is -4.02. The molecule has 0 fully saturated rings. The molecule has 0 aliphatic carbocycles. The molecule has 0 bridgehead atoms. The van der Waals surface area contributed by atoms with Crippen LogP contribution in [0.25, 0.3) is 0 Å². The summed E-state index contributed by atoms with van der Waals surface area (Å²) in [5.41, 5.74) is 0.218. The van der Waals surface area contributed by atoms with Gasteiger partial charge in [0.1, 0.15) is 16.4 Å². The summed E-state index contributed by atoms with van der Waals surface area (Å²) >= 11 is 8.05. The number of phenolic OH excluding ortho intramolecular Hbond substituents is 2. The molecule has 4 rings (SSSR count). The summed E-state index contributed by atoms with van der Waals surface area (Å²) in [4.78, 5) is 0.108. The van der Waals surface area contributed by atoms with Crippen molar-refractivity contribution in [1.82, 2.24) is 0 Å². The third-order valence-electron chi connectivity index (χ3n) is 4.62. The van der Waals surface area contributed by atoms with Crippen molar-refractivity contribution in [2.75, 3.05) is 0 Å². The maximum absolute atomic E-state index is 13.0. The predicted molar refractivity (Wildman–Crippen MR) is 143 cm³/mol. The number of benzene rings is 3. The largest absolute Gasteiger partial charge is 1.00 e. The van der Waals surface area contributed by atoms with Gasteiger partial charge >= 0.3 is 29.6 Å². The van der Waals surface area contributed by atoms with Gasteiger partial charge < -0.3 is 11.6 Å². The molecule has 1 aliphatic heterocycles. The molecule has 0 saturated carbocycles. The van der Waals surface area contributed by atoms with Gasteiger partial charge in [-0.15, -0.1) is 0 Å². The molecule has 30 heavy (non-hydrogen) atoms. The Morgan fingerprint density at radius 2 is 1.20 bits per heavy atom. The van der Waals surface area contributed by atoms with Gasteiger partial charge in [-0.1, -0.05) is 18.2 Å². The summed E-state index contributed by atoms with van der Waals surface area (Å²) in [5, 5.41) is 20.5. The standard InChI is InChI=1S/C19H10I4O5S.Na.H/c20-12-5-9(6-13(21)17(12)24)19(10-7-14(22)18(25)15(23)8-10)11-3-1-2-4-16(11)29(26,27)28-19;;/h1-8,24-25H;;/q;+1;-1. The second kappa shape index (κ2) is 9.38. The Morgan fingerprint density at radius 1 is 0.800 bits per heavy atom. The molecule has 0 saturated heterocycles. The Balaban J connectivity index is 0.00000171. The van der Waals surface area contributed by atoms with E-state index in [-0.39, 0.29) is 47.4 Å². The van der Waals surface area contributed by atoms with Gasteiger partial charge in [-0.2, -0.15) is 8.42 Å². The molecular formula is C19H11I4NaO5S. The summed E-state index contributed by atoms with van der Waals surface area (Å²) in [6, 6.07) is 13.6. The van der Waals surface area contributed by atoms with E-state index in [9.17, 15) is 18.6 Å². The number of hydrogen-bond acceptors (Lipinski definition) is 5. The molecule has 5 nitrogen and oxygen atoms in total. The van der Waals surface area contributed by atoms with Gasteiger partial charge in [0.05, 0.1) is 14.3 Å². The number of hydrogen-bond donors (Lipinski definition) is 2. The maximum atomic E-state index is 13.0. The minimum absolute atomic E-state index is 0. The molecule has 3 aromatic rings. The molecule has 2 N–H and O–H groups in total. The Labute approximate surface area is 251 Å². The van der Waals surface area contributed by atoms with Gasteiger partial charge in [0, 0.05) is 5.56 Å². The molecule has 152 valence electrons. The molecule has 0 atom stereocenters. The van der Waals surface area contributed by atoms with Crippen molar-refractivity contribution in [3.63, 3.8) is 0 Å². The second-order valence-electron chi connectivity index (χ2n) is 6.29. The first-order valence-corrected chi connectivity index (χ1v) is 13.7. The van der Waals surface area contributed by atoms with Crippen molar-refractivity contribution in [1.29, 1.82) is 0 Å². The van der Waals surface area contributed by atoms with Crippen LogP contribution in [0.15, 0.2) is 53.4 Å². The quantitative estimate of drug-likeness (QED) is 0.235. The van der Waals surface area contributed by atoms with E-state index >= 15 is 0 Å². The van der Waals surface area contributed by atoms with Crippen LogP contribution in [0.1, 0.15) is 18.1 Å². The predicted octanol–water partition coefficient (Wildman–Crippen LogP) is 2.64. The Kier molecular flexibility index (Phi) is 8.04. The summed E-state index contributed by atoms with van der Waals surface area (Å²) in [7, 11) is -4.02. The molecular weight excluding hydrogens is 871 g/mol. The molecule has 0 aromatic heterocycles. The average Bonchev–Trinajstić information content (AvgIpc) is 2.92. The first kappa shape index (κ1) is 25.7. The molecule has 0 amide bonds. The van der Waals surface area contributed by atoms with Crippen molar-refractivity contribution >= 4 is 100 Å². The zero-order valence-electron chi connectivity index (χ0n) is 16.2. The minimum Gasteiger partial charge on any atom is -1.00 e. The number of halogens is 4. The van der Waals surface area contributed by atoms with Crippen molar-refractivity contribution in [2.45, 2.75) is 10.5 Å². The monoisotopic (exact) mass is 882 g/mol. The van der Waals surface area contributed by atoms with Crippen molar-refractivity contribution in [2.24, 2.45) is 0 Å². The van der Waals surface area contributed by atoms with Crippen LogP contribution in [0.4, 0.5) is 0 Å². The smallest absolute Gasteiger partial charge is 1.00 e. The van der Waals surface area contributed by atoms with Crippen LogP contribution < -0.4 is 29.6 Å². The Bertz CT molecular complexity index is 1180. The van der Waals surface area contributed by atoms with Crippen molar-refractivity contribution in [3.05, 3.63) is 79.5 Å². The van der Waals surface area contributed by atoms with Gasteiger partial charge in [-0.25, -0.2) is 4.18 Å². The molecule has 3 aromatic carbocycles. The van der Waals surface area contributed by atoms with E-state index in [0.29, 0.717) is 31.0 Å². The number of fused-ring (bicyclic) bond motifs is 1. The molecule has 0 radical (unpaired) electrons. The van der Waals surface area contributed by atoms with Crippen LogP contribution >= 0.6 is 90.4 Å². The second-order valence-corrected chi connectivity index (χ2v) is 12.5. The van der Waals surface area contributed by atoms with Crippen LogP contribution in [0.2, 0.25) is 0 Å². The van der Waals surface area contributed by atoms with Gasteiger partial charge in [-0.3, -0.25) is 0 Å². The third kappa shape index (κ3) is 4.18. The molecule has 11 heteroatoms. The van der Waals surface area contributed by atoms with E-state index < -0.39 is 15.7 Å². The average molecular weight is 882 g/mol. The molecule has 0 unspecified atom stereocenters.